The Morgan fingerprint density at radius 3 is 2.68 bits per heavy atom. The van der Waals surface area contributed by atoms with Crippen LogP contribution in [0, 0.1) is 13.8 Å². The van der Waals surface area contributed by atoms with Crippen LogP contribution in [0.2, 0.25) is 0 Å². The number of rotatable bonds is 4. The highest BCUT2D eigenvalue weighted by Gasteiger charge is 2.21. The minimum atomic E-state index is -1.09. The van der Waals surface area contributed by atoms with E-state index in [0.29, 0.717) is 22.1 Å². The van der Waals surface area contributed by atoms with E-state index in [1.165, 1.54) is 0 Å². The van der Waals surface area contributed by atoms with Gasteiger partial charge in [0.2, 0.25) is 0 Å². The Balaban J connectivity index is 2.06. The fourth-order valence-electron chi connectivity index (χ4n) is 3.65. The normalized spacial score (nSPS) is 11.2. The summed E-state index contributed by atoms with van der Waals surface area (Å²) in [5.74, 6) is -0.356. The molecular weight excluding hydrogens is 360 g/mol. The van der Waals surface area contributed by atoms with Gasteiger partial charge in [0.1, 0.15) is 16.9 Å². The van der Waals surface area contributed by atoms with Crippen molar-refractivity contribution in [3.8, 4) is 16.9 Å². The zero-order valence-corrected chi connectivity index (χ0v) is 15.7. The van der Waals surface area contributed by atoms with Gasteiger partial charge >= 0.3 is 11.6 Å². The van der Waals surface area contributed by atoms with Gasteiger partial charge in [-0.05, 0) is 48.7 Å². The Labute approximate surface area is 160 Å². The van der Waals surface area contributed by atoms with Crippen LogP contribution < -0.4 is 10.4 Å². The van der Waals surface area contributed by atoms with Gasteiger partial charge in [0.25, 0.3) is 0 Å². The van der Waals surface area contributed by atoms with Gasteiger partial charge in [-0.15, -0.1) is 0 Å². The van der Waals surface area contributed by atoms with Gasteiger partial charge in [-0.25, -0.2) is 4.79 Å². The Morgan fingerprint density at radius 2 is 1.96 bits per heavy atom. The van der Waals surface area contributed by atoms with E-state index >= 15 is 0 Å². The first kappa shape index (κ1) is 17.9. The highest BCUT2D eigenvalue weighted by Crippen LogP contribution is 2.39. The molecule has 0 atom stereocenters. The van der Waals surface area contributed by atoms with Crippen LogP contribution in [0.1, 0.15) is 16.7 Å². The molecule has 0 unspecified atom stereocenters. The molecule has 1 N–H and O–H groups in total. The lowest BCUT2D eigenvalue weighted by atomic mass is 9.96. The lowest BCUT2D eigenvalue weighted by Crippen LogP contribution is -2.15. The summed E-state index contributed by atoms with van der Waals surface area (Å²) in [6.45, 7) is 3.64. The van der Waals surface area contributed by atoms with Gasteiger partial charge < -0.3 is 18.7 Å². The number of methoxy groups -OCH3 is 1. The van der Waals surface area contributed by atoms with E-state index in [1.54, 1.807) is 26.4 Å². The quantitative estimate of drug-likeness (QED) is 0.527. The highest BCUT2D eigenvalue weighted by atomic mass is 16.5. The topological polar surface area (TPSA) is 89.9 Å². The molecule has 0 aliphatic heterocycles. The number of aliphatic carboxylic acids is 1. The van der Waals surface area contributed by atoms with Crippen LogP contribution in [0.3, 0.4) is 0 Å². The SMILES string of the molecule is COc1cccc(-c2coc3c2c(C)cc2oc(=O)c(CC(=O)O)c(C)c23)c1. The number of hydrogen-bond acceptors (Lipinski definition) is 5. The van der Waals surface area contributed by atoms with Crippen LogP contribution in [0.4, 0.5) is 0 Å². The molecular formula is C22H18O6. The second-order valence-electron chi connectivity index (χ2n) is 6.72. The number of carboxylic acids is 1. The second-order valence-corrected chi connectivity index (χ2v) is 6.72. The van der Waals surface area contributed by atoms with Gasteiger partial charge in [0.05, 0.1) is 30.7 Å². The molecule has 0 aliphatic carbocycles. The number of fused-ring (bicyclic) bond motifs is 3. The summed E-state index contributed by atoms with van der Waals surface area (Å²) in [6.07, 6.45) is 1.26. The van der Waals surface area contributed by atoms with Crippen LogP contribution in [0.15, 0.2) is 50.2 Å². The summed E-state index contributed by atoms with van der Waals surface area (Å²) in [5, 5.41) is 10.6. The second kappa shape index (κ2) is 6.56. The molecule has 6 nitrogen and oxygen atoms in total. The molecule has 0 fully saturated rings. The van der Waals surface area contributed by atoms with Crippen molar-refractivity contribution in [3.63, 3.8) is 0 Å². The van der Waals surface area contributed by atoms with Gasteiger partial charge in [-0.2, -0.15) is 0 Å². The first-order chi connectivity index (χ1) is 13.4. The lowest BCUT2D eigenvalue weighted by molar-refractivity contribution is -0.136. The molecule has 0 amide bonds. The van der Waals surface area contributed by atoms with E-state index in [2.05, 4.69) is 0 Å². The zero-order chi connectivity index (χ0) is 20.0. The van der Waals surface area contributed by atoms with Crippen molar-refractivity contribution in [2.45, 2.75) is 20.3 Å². The standard InChI is InChI=1S/C22H18O6/c1-11-7-17-20(12(2)15(9-18(23)24)22(25)28-17)21-19(11)16(10-27-21)13-5-4-6-14(8-13)26-3/h4-8,10H,9H2,1-3H3,(H,23,24). The maximum atomic E-state index is 12.3. The minimum absolute atomic E-state index is 0.129. The molecule has 0 bridgehead atoms. The number of hydrogen-bond donors (Lipinski definition) is 1. The molecule has 142 valence electrons. The van der Waals surface area contributed by atoms with E-state index in [9.17, 15) is 9.59 Å². The summed E-state index contributed by atoms with van der Waals surface area (Å²) < 4.78 is 16.6. The summed E-state index contributed by atoms with van der Waals surface area (Å²) >= 11 is 0. The van der Waals surface area contributed by atoms with E-state index in [1.807, 2.05) is 31.2 Å². The van der Waals surface area contributed by atoms with Crippen molar-refractivity contribution in [2.24, 2.45) is 0 Å². The molecule has 2 heterocycles. The monoisotopic (exact) mass is 378 g/mol. The molecule has 6 heteroatoms. The van der Waals surface area contributed by atoms with Gasteiger partial charge in [0, 0.05) is 10.9 Å². The third-order valence-corrected chi connectivity index (χ3v) is 4.99. The number of benzene rings is 2. The van der Waals surface area contributed by atoms with Crippen molar-refractivity contribution in [3.05, 3.63) is 63.7 Å². The molecule has 0 radical (unpaired) electrons. The summed E-state index contributed by atoms with van der Waals surface area (Å²) in [5.41, 5.74) is 3.72. The van der Waals surface area contributed by atoms with Crippen LogP contribution in [-0.4, -0.2) is 18.2 Å². The Kier molecular flexibility index (Phi) is 4.19. The van der Waals surface area contributed by atoms with Gasteiger partial charge in [0.15, 0.2) is 0 Å². The first-order valence-electron chi connectivity index (χ1n) is 8.74. The summed E-state index contributed by atoms with van der Waals surface area (Å²) in [6, 6.07) is 9.44. The van der Waals surface area contributed by atoms with Crippen LogP contribution in [0.25, 0.3) is 33.1 Å². The number of carboxylic acid groups (broad SMARTS) is 1. The van der Waals surface area contributed by atoms with E-state index in [4.69, 9.17) is 18.7 Å². The molecule has 0 saturated heterocycles. The third-order valence-electron chi connectivity index (χ3n) is 4.99. The molecule has 28 heavy (non-hydrogen) atoms. The lowest BCUT2D eigenvalue weighted by Gasteiger charge is -2.09. The molecule has 0 aliphatic rings. The molecule has 2 aromatic heterocycles. The smallest absolute Gasteiger partial charge is 0.340 e. The molecule has 0 saturated carbocycles. The largest absolute Gasteiger partial charge is 0.497 e. The van der Waals surface area contributed by atoms with Crippen molar-refractivity contribution < 1.29 is 23.5 Å². The number of furan rings is 1. The molecule has 4 rings (SSSR count). The molecule has 2 aromatic carbocycles. The average Bonchev–Trinajstić information content (AvgIpc) is 3.10. The maximum Gasteiger partial charge on any atom is 0.340 e. The maximum absolute atomic E-state index is 12.3. The number of carbonyl (C=O) groups is 1. The number of aryl methyl sites for hydroxylation is 2. The van der Waals surface area contributed by atoms with Crippen molar-refractivity contribution in [1.82, 2.24) is 0 Å². The average molecular weight is 378 g/mol. The Bertz CT molecular complexity index is 1290. The third kappa shape index (κ3) is 2.74. The fourth-order valence-corrected chi connectivity index (χ4v) is 3.65. The van der Waals surface area contributed by atoms with Crippen molar-refractivity contribution >= 4 is 27.9 Å². The molecule has 0 spiro atoms. The van der Waals surface area contributed by atoms with Crippen molar-refractivity contribution in [2.75, 3.05) is 7.11 Å². The highest BCUT2D eigenvalue weighted by molar-refractivity contribution is 6.11. The first-order valence-corrected chi connectivity index (χ1v) is 8.74. The predicted octanol–water partition coefficient (Wildman–Crippen LogP) is 4.46. The van der Waals surface area contributed by atoms with Crippen LogP contribution >= 0.6 is 0 Å². The number of ether oxygens (including phenoxy) is 1. The van der Waals surface area contributed by atoms with Crippen LogP contribution in [-0.2, 0) is 11.2 Å². The Morgan fingerprint density at radius 1 is 1.18 bits per heavy atom. The van der Waals surface area contributed by atoms with E-state index < -0.39 is 18.0 Å². The minimum Gasteiger partial charge on any atom is -0.497 e. The van der Waals surface area contributed by atoms with Crippen LogP contribution in [0.5, 0.6) is 5.75 Å². The summed E-state index contributed by atoms with van der Waals surface area (Å²) in [7, 11) is 1.61. The van der Waals surface area contributed by atoms with Gasteiger partial charge in [-0.3, -0.25) is 4.79 Å². The van der Waals surface area contributed by atoms with E-state index in [0.717, 1.165) is 27.8 Å². The Hall–Kier alpha value is -3.54. The molecule has 4 aromatic rings. The van der Waals surface area contributed by atoms with E-state index in [-0.39, 0.29) is 5.56 Å². The summed E-state index contributed by atoms with van der Waals surface area (Å²) in [4.78, 5) is 23.4. The fraction of sp³-hybridized carbons (Fsp3) is 0.182. The van der Waals surface area contributed by atoms with Crippen molar-refractivity contribution in [1.29, 1.82) is 0 Å². The van der Waals surface area contributed by atoms with Gasteiger partial charge in [-0.1, -0.05) is 12.1 Å². The zero-order valence-electron chi connectivity index (χ0n) is 15.7. The predicted molar refractivity (Wildman–Crippen MR) is 105 cm³/mol.